The van der Waals surface area contributed by atoms with Gasteiger partial charge in [0.1, 0.15) is 6.33 Å². The Bertz CT molecular complexity index is 342. The second-order valence-electron chi connectivity index (χ2n) is 3.04. The van der Waals surface area contributed by atoms with Crippen LogP contribution in [0.2, 0.25) is 0 Å². The maximum absolute atomic E-state index is 11.7. The monoisotopic (exact) mass is 202 g/mol. The van der Waals surface area contributed by atoms with Crippen LogP contribution in [0, 0.1) is 0 Å². The molecule has 74 valence electrons. The highest BCUT2D eigenvalue weighted by Gasteiger charge is 2.20. The van der Waals surface area contributed by atoms with E-state index in [2.05, 4.69) is 4.98 Å². The standard InChI is InChI=1S/C8H14N2O2S/c1-3-4-8(2)13(11,12)10-6-5-9-7-10/h5-8H,3-4H2,1-2H3. The first-order chi connectivity index (χ1) is 6.09. The molecule has 0 aliphatic rings. The van der Waals surface area contributed by atoms with E-state index in [1.807, 2.05) is 6.92 Å². The van der Waals surface area contributed by atoms with Crippen molar-refractivity contribution in [3.8, 4) is 0 Å². The molecule has 4 nitrogen and oxygen atoms in total. The van der Waals surface area contributed by atoms with Gasteiger partial charge in [0.2, 0.25) is 10.0 Å². The minimum Gasteiger partial charge on any atom is -0.244 e. The van der Waals surface area contributed by atoms with Crippen molar-refractivity contribution >= 4 is 10.0 Å². The first-order valence-electron chi connectivity index (χ1n) is 4.31. The summed E-state index contributed by atoms with van der Waals surface area (Å²) < 4.78 is 24.6. The molecule has 0 saturated carbocycles. The summed E-state index contributed by atoms with van der Waals surface area (Å²) in [4.78, 5) is 3.71. The summed E-state index contributed by atoms with van der Waals surface area (Å²) in [6.07, 6.45) is 5.80. The lowest BCUT2D eigenvalue weighted by Gasteiger charge is -2.11. The average molecular weight is 202 g/mol. The third-order valence-electron chi connectivity index (χ3n) is 1.98. The first kappa shape index (κ1) is 10.2. The number of hydrogen-bond acceptors (Lipinski definition) is 3. The predicted molar refractivity (Wildman–Crippen MR) is 50.9 cm³/mol. The zero-order chi connectivity index (χ0) is 9.90. The molecular formula is C8H14N2O2S. The van der Waals surface area contributed by atoms with Gasteiger partial charge in [0, 0.05) is 12.4 Å². The summed E-state index contributed by atoms with van der Waals surface area (Å²) in [5.74, 6) is 0. The Morgan fingerprint density at radius 3 is 2.69 bits per heavy atom. The van der Waals surface area contributed by atoms with Gasteiger partial charge in [-0.15, -0.1) is 0 Å². The topological polar surface area (TPSA) is 52.0 Å². The van der Waals surface area contributed by atoms with Crippen LogP contribution in [-0.4, -0.2) is 22.6 Å². The van der Waals surface area contributed by atoms with Gasteiger partial charge in [0.05, 0.1) is 5.25 Å². The number of rotatable bonds is 4. The summed E-state index contributed by atoms with van der Waals surface area (Å²) in [5.41, 5.74) is 0. The largest absolute Gasteiger partial charge is 0.244 e. The normalized spacial score (nSPS) is 14.3. The molecule has 0 amide bonds. The van der Waals surface area contributed by atoms with Gasteiger partial charge in [0.25, 0.3) is 0 Å². The van der Waals surface area contributed by atoms with Crippen LogP contribution < -0.4 is 0 Å². The second-order valence-corrected chi connectivity index (χ2v) is 5.29. The van der Waals surface area contributed by atoms with Crippen molar-refractivity contribution in [2.45, 2.75) is 31.9 Å². The summed E-state index contributed by atoms with van der Waals surface area (Å²) >= 11 is 0. The molecular weight excluding hydrogens is 188 g/mol. The van der Waals surface area contributed by atoms with Gasteiger partial charge in [0.15, 0.2) is 0 Å². The minimum atomic E-state index is -3.20. The third kappa shape index (κ3) is 2.09. The molecule has 0 fully saturated rings. The van der Waals surface area contributed by atoms with Crippen molar-refractivity contribution < 1.29 is 8.42 Å². The van der Waals surface area contributed by atoms with Crippen LogP contribution in [0.4, 0.5) is 0 Å². The molecule has 1 heterocycles. The van der Waals surface area contributed by atoms with E-state index in [0.29, 0.717) is 6.42 Å². The van der Waals surface area contributed by atoms with E-state index < -0.39 is 10.0 Å². The summed E-state index contributed by atoms with van der Waals surface area (Å²) in [6, 6.07) is 0. The molecule has 13 heavy (non-hydrogen) atoms. The fourth-order valence-corrected chi connectivity index (χ4v) is 2.52. The van der Waals surface area contributed by atoms with Crippen LogP contribution in [0.15, 0.2) is 18.7 Å². The Hall–Kier alpha value is -0.840. The van der Waals surface area contributed by atoms with E-state index in [9.17, 15) is 8.42 Å². The van der Waals surface area contributed by atoms with Crippen LogP contribution >= 0.6 is 0 Å². The molecule has 0 N–H and O–H groups in total. The van der Waals surface area contributed by atoms with Crippen molar-refractivity contribution in [1.29, 1.82) is 0 Å². The molecule has 0 aliphatic heterocycles. The van der Waals surface area contributed by atoms with Gasteiger partial charge in [-0.25, -0.2) is 17.4 Å². The van der Waals surface area contributed by atoms with Crippen molar-refractivity contribution in [1.82, 2.24) is 8.96 Å². The van der Waals surface area contributed by atoms with E-state index in [-0.39, 0.29) is 5.25 Å². The van der Waals surface area contributed by atoms with Crippen molar-refractivity contribution in [3.05, 3.63) is 18.7 Å². The Balaban J connectivity index is 2.90. The summed E-state index contributed by atoms with van der Waals surface area (Å²) in [6.45, 7) is 3.69. The van der Waals surface area contributed by atoms with Gasteiger partial charge in [-0.2, -0.15) is 0 Å². The Kier molecular flexibility index (Phi) is 3.08. The summed E-state index contributed by atoms with van der Waals surface area (Å²) in [5, 5.41) is -0.341. The maximum Gasteiger partial charge on any atom is 0.242 e. The van der Waals surface area contributed by atoms with Gasteiger partial charge < -0.3 is 0 Å². The third-order valence-corrected chi connectivity index (χ3v) is 4.03. The van der Waals surface area contributed by atoms with E-state index in [0.717, 1.165) is 6.42 Å². The summed E-state index contributed by atoms with van der Waals surface area (Å²) in [7, 11) is -3.20. The number of hydrogen-bond donors (Lipinski definition) is 0. The fourth-order valence-electron chi connectivity index (χ4n) is 1.16. The number of aromatic nitrogens is 2. The van der Waals surface area contributed by atoms with Crippen molar-refractivity contribution in [3.63, 3.8) is 0 Å². The van der Waals surface area contributed by atoms with Crippen LogP contribution in [0.1, 0.15) is 26.7 Å². The second kappa shape index (κ2) is 3.91. The Morgan fingerprint density at radius 2 is 2.23 bits per heavy atom. The lowest BCUT2D eigenvalue weighted by Crippen LogP contribution is -2.23. The van der Waals surface area contributed by atoms with Crippen molar-refractivity contribution in [2.75, 3.05) is 0 Å². The lowest BCUT2D eigenvalue weighted by molar-refractivity contribution is 0.566. The Labute approximate surface area is 78.7 Å². The van der Waals surface area contributed by atoms with E-state index >= 15 is 0 Å². The minimum absolute atomic E-state index is 0.341. The van der Waals surface area contributed by atoms with Gasteiger partial charge in [-0.05, 0) is 13.3 Å². The van der Waals surface area contributed by atoms with E-state index in [4.69, 9.17) is 0 Å². The molecule has 0 aromatic carbocycles. The molecule has 5 heteroatoms. The van der Waals surface area contributed by atoms with Crippen LogP contribution in [0.25, 0.3) is 0 Å². The molecule has 1 unspecified atom stereocenters. The number of nitrogens with zero attached hydrogens (tertiary/aromatic N) is 2. The molecule has 1 aromatic heterocycles. The fraction of sp³-hybridized carbons (Fsp3) is 0.625. The van der Waals surface area contributed by atoms with E-state index in [1.165, 1.54) is 22.7 Å². The molecule has 0 bridgehead atoms. The van der Waals surface area contributed by atoms with E-state index in [1.54, 1.807) is 6.92 Å². The quantitative estimate of drug-likeness (QED) is 0.738. The van der Waals surface area contributed by atoms with Crippen LogP contribution in [-0.2, 0) is 10.0 Å². The molecule has 0 spiro atoms. The molecule has 0 radical (unpaired) electrons. The average Bonchev–Trinajstić information content (AvgIpc) is 2.56. The zero-order valence-electron chi connectivity index (χ0n) is 7.84. The van der Waals surface area contributed by atoms with Gasteiger partial charge >= 0.3 is 0 Å². The molecule has 0 saturated heterocycles. The maximum atomic E-state index is 11.7. The highest BCUT2D eigenvalue weighted by Crippen LogP contribution is 2.10. The smallest absolute Gasteiger partial charge is 0.242 e. The molecule has 1 atom stereocenters. The Morgan fingerprint density at radius 1 is 1.54 bits per heavy atom. The van der Waals surface area contributed by atoms with Crippen LogP contribution in [0.5, 0.6) is 0 Å². The lowest BCUT2D eigenvalue weighted by atomic mass is 10.3. The van der Waals surface area contributed by atoms with Gasteiger partial charge in [-0.1, -0.05) is 13.3 Å². The SMILES string of the molecule is CCCC(C)S(=O)(=O)n1ccnc1. The highest BCUT2D eigenvalue weighted by molar-refractivity contribution is 7.90. The predicted octanol–water partition coefficient (Wildman–Crippen LogP) is 1.25. The molecule has 0 aliphatic carbocycles. The number of imidazole rings is 1. The van der Waals surface area contributed by atoms with Gasteiger partial charge in [-0.3, -0.25) is 0 Å². The molecule has 1 aromatic rings. The van der Waals surface area contributed by atoms with Crippen molar-refractivity contribution in [2.24, 2.45) is 0 Å². The highest BCUT2D eigenvalue weighted by atomic mass is 32.2. The molecule has 1 rings (SSSR count). The van der Waals surface area contributed by atoms with Crippen LogP contribution in [0.3, 0.4) is 0 Å². The zero-order valence-corrected chi connectivity index (χ0v) is 8.66. The first-order valence-corrected chi connectivity index (χ1v) is 5.81.